The number of rotatable bonds is 3. The van der Waals surface area contributed by atoms with Crippen molar-refractivity contribution >= 4 is 35.0 Å². The Labute approximate surface area is 132 Å². The van der Waals surface area contributed by atoms with Crippen molar-refractivity contribution < 1.29 is 4.79 Å². The predicted molar refractivity (Wildman–Crippen MR) is 86.8 cm³/mol. The van der Waals surface area contributed by atoms with Crippen LogP contribution in [0, 0.1) is 6.92 Å². The summed E-state index contributed by atoms with van der Waals surface area (Å²) in [5.41, 5.74) is 2.41. The van der Waals surface area contributed by atoms with E-state index in [1.165, 1.54) is 6.08 Å². The number of hydrogen-bond donors (Lipinski definition) is 1. The van der Waals surface area contributed by atoms with Gasteiger partial charge >= 0.3 is 0 Å². The topological polar surface area (TPSA) is 59.3 Å². The van der Waals surface area contributed by atoms with Gasteiger partial charge in [0.2, 0.25) is 5.91 Å². The minimum atomic E-state index is -0.278. The summed E-state index contributed by atoms with van der Waals surface area (Å²) >= 11 is 6.10. The van der Waals surface area contributed by atoms with Gasteiger partial charge in [0.05, 0.1) is 5.69 Å². The maximum absolute atomic E-state index is 12.0. The quantitative estimate of drug-likeness (QED) is 0.755. The average molecular weight is 313 g/mol. The van der Waals surface area contributed by atoms with Gasteiger partial charge in [-0.1, -0.05) is 17.7 Å². The molecule has 3 aromatic rings. The van der Waals surface area contributed by atoms with Gasteiger partial charge in [0.15, 0.2) is 5.15 Å². The molecule has 3 rings (SSSR count). The molecule has 1 amide bonds. The largest absolute Gasteiger partial charge is 0.307 e. The van der Waals surface area contributed by atoms with Crippen LogP contribution in [0.25, 0.3) is 11.7 Å². The molecule has 5 nitrogen and oxygen atoms in total. The van der Waals surface area contributed by atoms with Gasteiger partial charge in [-0.15, -0.1) is 0 Å². The molecule has 6 heteroatoms. The van der Waals surface area contributed by atoms with E-state index in [0.29, 0.717) is 16.7 Å². The molecule has 0 saturated carbocycles. The average Bonchev–Trinajstić information content (AvgIpc) is 2.80. The molecule has 0 unspecified atom stereocenters. The van der Waals surface area contributed by atoms with Gasteiger partial charge in [-0.05, 0) is 42.8 Å². The van der Waals surface area contributed by atoms with Crippen LogP contribution in [-0.2, 0) is 4.79 Å². The zero-order valence-electron chi connectivity index (χ0n) is 11.8. The summed E-state index contributed by atoms with van der Waals surface area (Å²) in [7, 11) is 0. The van der Waals surface area contributed by atoms with E-state index in [2.05, 4.69) is 15.3 Å². The fraction of sp³-hybridized carbons (Fsp3) is 0.0625. The normalized spacial score (nSPS) is 11.2. The number of imidazole rings is 1. The van der Waals surface area contributed by atoms with Gasteiger partial charge in [-0.2, -0.15) is 0 Å². The zero-order valence-corrected chi connectivity index (χ0v) is 12.6. The van der Waals surface area contributed by atoms with Gasteiger partial charge in [0.1, 0.15) is 11.5 Å². The number of carbonyl (C=O) groups is 1. The molecule has 0 spiro atoms. The molecule has 0 aliphatic rings. The van der Waals surface area contributed by atoms with E-state index >= 15 is 0 Å². The molecule has 0 aliphatic heterocycles. The summed E-state index contributed by atoms with van der Waals surface area (Å²) in [6, 6.07) is 9.26. The lowest BCUT2D eigenvalue weighted by molar-refractivity contribution is -0.111. The number of halogens is 1. The molecule has 3 aromatic heterocycles. The molecule has 110 valence electrons. The first-order chi connectivity index (χ1) is 10.6. The van der Waals surface area contributed by atoms with Crippen molar-refractivity contribution in [3.05, 3.63) is 65.2 Å². The third-order valence-electron chi connectivity index (χ3n) is 3.08. The van der Waals surface area contributed by atoms with Crippen molar-refractivity contribution in [2.75, 3.05) is 5.32 Å². The Morgan fingerprint density at radius 1 is 1.36 bits per heavy atom. The number of carbonyl (C=O) groups excluding carboxylic acids is 1. The molecule has 0 aliphatic carbocycles. The Morgan fingerprint density at radius 3 is 3.05 bits per heavy atom. The molecule has 3 heterocycles. The summed E-state index contributed by atoms with van der Waals surface area (Å²) in [4.78, 5) is 20.3. The van der Waals surface area contributed by atoms with E-state index in [4.69, 9.17) is 11.6 Å². The van der Waals surface area contributed by atoms with Crippen LogP contribution in [0.5, 0.6) is 0 Å². The summed E-state index contributed by atoms with van der Waals surface area (Å²) in [5, 5.41) is 3.05. The number of nitrogens with one attached hydrogen (secondary N) is 1. The lowest BCUT2D eigenvalue weighted by Crippen LogP contribution is -2.09. The molecule has 0 radical (unpaired) electrons. The lowest BCUT2D eigenvalue weighted by Gasteiger charge is -2.01. The highest BCUT2D eigenvalue weighted by Crippen LogP contribution is 2.18. The van der Waals surface area contributed by atoms with E-state index < -0.39 is 0 Å². The van der Waals surface area contributed by atoms with Crippen molar-refractivity contribution in [1.29, 1.82) is 0 Å². The van der Waals surface area contributed by atoms with Crippen molar-refractivity contribution in [3.63, 3.8) is 0 Å². The number of hydrogen-bond acceptors (Lipinski definition) is 3. The van der Waals surface area contributed by atoms with Gasteiger partial charge < -0.3 is 5.32 Å². The maximum Gasteiger partial charge on any atom is 0.249 e. The van der Waals surface area contributed by atoms with E-state index in [1.54, 1.807) is 18.3 Å². The number of aryl methyl sites for hydroxylation is 1. The summed E-state index contributed by atoms with van der Waals surface area (Å²) in [6.07, 6.45) is 6.53. The Kier molecular flexibility index (Phi) is 3.89. The first-order valence-corrected chi connectivity index (χ1v) is 7.05. The minimum absolute atomic E-state index is 0.278. The Balaban J connectivity index is 1.81. The first kappa shape index (κ1) is 14.3. The van der Waals surface area contributed by atoms with Crippen LogP contribution in [0.3, 0.4) is 0 Å². The summed E-state index contributed by atoms with van der Waals surface area (Å²) in [5.74, 6) is 0.235. The van der Waals surface area contributed by atoms with E-state index in [1.807, 2.05) is 41.8 Å². The first-order valence-electron chi connectivity index (χ1n) is 6.68. The van der Waals surface area contributed by atoms with E-state index in [-0.39, 0.29) is 5.91 Å². The fourth-order valence-electron chi connectivity index (χ4n) is 2.06. The number of fused-ring (bicyclic) bond motifs is 1. The van der Waals surface area contributed by atoms with Gasteiger partial charge in [0, 0.05) is 18.5 Å². The molecule has 0 atom stereocenters. The fourth-order valence-corrected chi connectivity index (χ4v) is 2.30. The molecule has 1 N–H and O–H groups in total. The number of amides is 1. The number of aromatic nitrogens is 3. The molecule has 0 fully saturated rings. The van der Waals surface area contributed by atoms with Crippen LogP contribution < -0.4 is 5.32 Å². The Bertz CT molecular complexity index is 869. The van der Waals surface area contributed by atoms with Crippen LogP contribution in [0.4, 0.5) is 5.82 Å². The monoisotopic (exact) mass is 312 g/mol. The number of nitrogens with zero attached hydrogens (tertiary/aromatic N) is 3. The van der Waals surface area contributed by atoms with Crippen molar-refractivity contribution in [2.24, 2.45) is 0 Å². The number of pyridine rings is 2. The molecule has 0 aromatic carbocycles. The number of anilines is 1. The van der Waals surface area contributed by atoms with Crippen molar-refractivity contribution in [2.45, 2.75) is 6.92 Å². The molecule has 0 bridgehead atoms. The molecular weight excluding hydrogens is 300 g/mol. The zero-order chi connectivity index (χ0) is 15.5. The summed E-state index contributed by atoms with van der Waals surface area (Å²) in [6.45, 7) is 1.94. The van der Waals surface area contributed by atoms with Gasteiger partial charge in [-0.3, -0.25) is 9.20 Å². The SMILES string of the molecule is Cc1ccnc(NC(=O)/C=C/c2c(Cl)nc3ccccn23)c1. The van der Waals surface area contributed by atoms with Crippen LogP contribution in [0.1, 0.15) is 11.3 Å². The maximum atomic E-state index is 12.0. The second-order valence-corrected chi connectivity index (χ2v) is 5.12. The van der Waals surface area contributed by atoms with E-state index in [9.17, 15) is 4.79 Å². The van der Waals surface area contributed by atoms with Crippen molar-refractivity contribution in [1.82, 2.24) is 14.4 Å². The second-order valence-electron chi connectivity index (χ2n) is 4.76. The van der Waals surface area contributed by atoms with Gasteiger partial charge in [0.25, 0.3) is 0 Å². The predicted octanol–water partition coefficient (Wildman–Crippen LogP) is 3.34. The standard InChI is InChI=1S/C16H13ClN4O/c1-11-7-8-18-13(10-11)19-15(22)6-5-12-16(17)20-14-4-2-3-9-21(12)14/h2-10H,1H3,(H,18,19,22)/b6-5+. The smallest absolute Gasteiger partial charge is 0.249 e. The van der Waals surface area contributed by atoms with E-state index in [0.717, 1.165) is 11.2 Å². The Morgan fingerprint density at radius 2 is 2.23 bits per heavy atom. The van der Waals surface area contributed by atoms with Crippen LogP contribution in [-0.4, -0.2) is 20.3 Å². The minimum Gasteiger partial charge on any atom is -0.307 e. The highest BCUT2D eigenvalue weighted by atomic mass is 35.5. The molecule has 0 saturated heterocycles. The Hall–Kier alpha value is -2.66. The van der Waals surface area contributed by atoms with Gasteiger partial charge in [-0.25, -0.2) is 9.97 Å². The highest BCUT2D eigenvalue weighted by Gasteiger charge is 2.07. The third kappa shape index (κ3) is 2.99. The molecular formula is C16H13ClN4O. The van der Waals surface area contributed by atoms with Crippen LogP contribution in [0.15, 0.2) is 48.8 Å². The van der Waals surface area contributed by atoms with Crippen molar-refractivity contribution in [3.8, 4) is 0 Å². The van der Waals surface area contributed by atoms with Crippen LogP contribution in [0.2, 0.25) is 5.15 Å². The highest BCUT2D eigenvalue weighted by molar-refractivity contribution is 6.31. The molecule has 22 heavy (non-hydrogen) atoms. The summed E-state index contributed by atoms with van der Waals surface area (Å²) < 4.78 is 1.82. The third-order valence-corrected chi connectivity index (χ3v) is 3.36. The van der Waals surface area contributed by atoms with Crippen LogP contribution >= 0.6 is 11.6 Å². The second kappa shape index (κ2) is 5.99. The lowest BCUT2D eigenvalue weighted by atomic mass is 10.3.